The van der Waals surface area contributed by atoms with Crippen LogP contribution in [0.15, 0.2) is 150 Å². The van der Waals surface area contributed by atoms with Crippen molar-refractivity contribution in [3.8, 4) is 44.5 Å². The van der Waals surface area contributed by atoms with Crippen LogP contribution in [0.3, 0.4) is 0 Å². The van der Waals surface area contributed by atoms with Gasteiger partial charge in [0.2, 0.25) is 0 Å². The molecule has 11 rings (SSSR count). The molecule has 3 aliphatic rings. The summed E-state index contributed by atoms with van der Waals surface area (Å²) in [7, 11) is 0. The molecule has 0 unspecified atom stereocenters. The molecule has 1 heterocycles. The van der Waals surface area contributed by atoms with Gasteiger partial charge in [-0.25, -0.2) is 0 Å². The summed E-state index contributed by atoms with van der Waals surface area (Å²) in [5, 5.41) is 2.33. The molecule has 0 N–H and O–H groups in total. The van der Waals surface area contributed by atoms with Crippen LogP contribution in [0.25, 0.3) is 66.4 Å². The van der Waals surface area contributed by atoms with Crippen molar-refractivity contribution in [1.82, 2.24) is 0 Å². The molecule has 1 aromatic heterocycles. The summed E-state index contributed by atoms with van der Waals surface area (Å²) in [6.45, 7) is 4.69. The van der Waals surface area contributed by atoms with E-state index in [9.17, 15) is 0 Å². The lowest BCUT2D eigenvalue weighted by atomic mass is 9.70. The largest absolute Gasteiger partial charge is 0.455 e. The smallest absolute Gasteiger partial charge is 0.143 e. The summed E-state index contributed by atoms with van der Waals surface area (Å²) >= 11 is 0. The maximum Gasteiger partial charge on any atom is 0.143 e. The lowest BCUT2D eigenvalue weighted by Gasteiger charge is -2.30. The molecule has 8 aromatic rings. The van der Waals surface area contributed by atoms with E-state index in [0.717, 1.165) is 22.1 Å². The Morgan fingerprint density at radius 3 is 1.57 bits per heavy atom. The van der Waals surface area contributed by atoms with Crippen molar-refractivity contribution in [2.24, 2.45) is 0 Å². The van der Waals surface area contributed by atoms with E-state index in [0.29, 0.717) is 0 Å². The second-order valence-electron chi connectivity index (χ2n) is 14.0. The maximum absolute atomic E-state index is 6.97. The highest BCUT2D eigenvalue weighted by Crippen LogP contribution is 2.63. The molecule has 1 spiro atoms. The Bertz CT molecular complexity index is 2620. The molecule has 3 aliphatic carbocycles. The van der Waals surface area contributed by atoms with Gasteiger partial charge >= 0.3 is 0 Å². The molecule has 0 bridgehead atoms. The first-order valence-electron chi connectivity index (χ1n) is 16.6. The fourth-order valence-corrected chi connectivity index (χ4v) is 9.48. The summed E-state index contributed by atoms with van der Waals surface area (Å²) in [6, 6.07) is 54.2. The lowest BCUT2D eigenvalue weighted by Crippen LogP contribution is -2.25. The van der Waals surface area contributed by atoms with Gasteiger partial charge in [0, 0.05) is 21.8 Å². The fraction of sp³-hybridized carbons (Fsp3) is 0.0870. The lowest BCUT2D eigenvalue weighted by molar-refractivity contribution is 0.660. The van der Waals surface area contributed by atoms with Crippen LogP contribution in [0, 0.1) is 0 Å². The quantitative estimate of drug-likeness (QED) is 0.183. The monoisotopic (exact) mass is 598 g/mol. The molecule has 0 aliphatic heterocycles. The van der Waals surface area contributed by atoms with Gasteiger partial charge in [0.15, 0.2) is 0 Å². The fourth-order valence-electron chi connectivity index (χ4n) is 9.48. The number of furan rings is 1. The summed E-state index contributed by atoms with van der Waals surface area (Å²) in [4.78, 5) is 0. The normalized spacial score (nSPS) is 15.4. The minimum Gasteiger partial charge on any atom is -0.455 e. The van der Waals surface area contributed by atoms with E-state index < -0.39 is 0 Å². The average Bonchev–Trinajstić information content (AvgIpc) is 3.79. The third-order valence-corrected chi connectivity index (χ3v) is 11.5. The van der Waals surface area contributed by atoms with Crippen molar-refractivity contribution in [3.63, 3.8) is 0 Å². The summed E-state index contributed by atoms with van der Waals surface area (Å²) in [5.41, 5.74) is 19.9. The van der Waals surface area contributed by atoms with E-state index >= 15 is 0 Å². The topological polar surface area (TPSA) is 13.1 Å². The van der Waals surface area contributed by atoms with E-state index in [1.165, 1.54) is 77.7 Å². The van der Waals surface area contributed by atoms with E-state index in [1.54, 1.807) is 0 Å². The number of hydrogen-bond donors (Lipinski definition) is 0. The highest BCUT2D eigenvalue weighted by Gasteiger charge is 2.51. The Hall–Kier alpha value is -5.66. The molecule has 0 radical (unpaired) electrons. The van der Waals surface area contributed by atoms with Crippen molar-refractivity contribution >= 4 is 21.9 Å². The predicted octanol–water partition coefficient (Wildman–Crippen LogP) is 11.9. The Morgan fingerprint density at radius 1 is 0.383 bits per heavy atom. The molecule has 1 nitrogen and oxygen atoms in total. The molecule has 0 atom stereocenters. The maximum atomic E-state index is 6.97. The number of benzene rings is 7. The summed E-state index contributed by atoms with van der Waals surface area (Å²) < 4.78 is 6.97. The van der Waals surface area contributed by atoms with Crippen LogP contribution in [0.4, 0.5) is 0 Å². The molecular weight excluding hydrogens is 569 g/mol. The molecule has 0 fully saturated rings. The highest BCUT2D eigenvalue weighted by molar-refractivity contribution is 6.12. The van der Waals surface area contributed by atoms with Crippen molar-refractivity contribution in [2.75, 3.05) is 0 Å². The molecule has 0 saturated heterocycles. The first-order valence-corrected chi connectivity index (χ1v) is 16.6. The molecule has 220 valence electrons. The van der Waals surface area contributed by atoms with E-state index in [1.807, 2.05) is 0 Å². The third-order valence-electron chi connectivity index (χ3n) is 11.5. The van der Waals surface area contributed by atoms with Gasteiger partial charge in [-0.3, -0.25) is 0 Å². The highest BCUT2D eigenvalue weighted by atomic mass is 16.3. The molecule has 47 heavy (non-hydrogen) atoms. The van der Waals surface area contributed by atoms with E-state index in [4.69, 9.17) is 4.42 Å². The second-order valence-corrected chi connectivity index (χ2v) is 14.0. The summed E-state index contributed by atoms with van der Waals surface area (Å²) in [5.74, 6) is 0. The van der Waals surface area contributed by atoms with Crippen LogP contribution in [0.1, 0.15) is 47.2 Å². The van der Waals surface area contributed by atoms with Gasteiger partial charge in [0.1, 0.15) is 11.2 Å². The van der Waals surface area contributed by atoms with Gasteiger partial charge in [-0.1, -0.05) is 141 Å². The van der Waals surface area contributed by atoms with Gasteiger partial charge in [0.25, 0.3) is 0 Å². The van der Waals surface area contributed by atoms with Crippen LogP contribution in [-0.4, -0.2) is 0 Å². The van der Waals surface area contributed by atoms with Gasteiger partial charge in [0.05, 0.1) is 5.41 Å². The minimum absolute atomic E-state index is 0.0555. The third kappa shape index (κ3) is 2.97. The van der Waals surface area contributed by atoms with Crippen LogP contribution in [-0.2, 0) is 10.8 Å². The van der Waals surface area contributed by atoms with Gasteiger partial charge < -0.3 is 4.42 Å². The summed E-state index contributed by atoms with van der Waals surface area (Å²) in [6.07, 6.45) is 0. The zero-order valence-corrected chi connectivity index (χ0v) is 26.3. The zero-order chi connectivity index (χ0) is 31.1. The van der Waals surface area contributed by atoms with Crippen LogP contribution < -0.4 is 0 Å². The number of fused-ring (bicyclic) bond motifs is 16. The Labute approximate surface area is 273 Å². The zero-order valence-electron chi connectivity index (χ0n) is 26.3. The van der Waals surface area contributed by atoms with Crippen molar-refractivity contribution < 1.29 is 4.42 Å². The molecule has 1 heteroatoms. The first-order chi connectivity index (χ1) is 23.1. The predicted molar refractivity (Wildman–Crippen MR) is 193 cm³/mol. The van der Waals surface area contributed by atoms with Gasteiger partial charge in [-0.2, -0.15) is 0 Å². The molecule has 0 saturated carbocycles. The molecular formula is C46H30O. The van der Waals surface area contributed by atoms with Crippen molar-refractivity contribution in [1.29, 1.82) is 0 Å². The van der Waals surface area contributed by atoms with E-state index in [-0.39, 0.29) is 10.8 Å². The Morgan fingerprint density at radius 2 is 0.915 bits per heavy atom. The van der Waals surface area contributed by atoms with Gasteiger partial charge in [-0.05, 0) is 90.5 Å². The van der Waals surface area contributed by atoms with E-state index in [2.05, 4.69) is 159 Å². The standard InChI is InChI=1S/C46H30O/c1-45(2)37-18-7-3-12-29(37)33-23-22-27(24-41(33)45)28-16-11-17-34-36-25-35-32-15-6-10-21-40(32)46(42(35)26-43(36)47-44(28)34)38-19-8-4-13-30(38)31-14-5-9-20-39(31)46/h3-26H,1-2H3. The number of rotatable bonds is 1. The van der Waals surface area contributed by atoms with Crippen LogP contribution in [0.5, 0.6) is 0 Å². The van der Waals surface area contributed by atoms with Crippen molar-refractivity contribution in [2.45, 2.75) is 24.7 Å². The average molecular weight is 599 g/mol. The minimum atomic E-state index is -0.379. The first kappa shape index (κ1) is 25.5. The van der Waals surface area contributed by atoms with Crippen molar-refractivity contribution in [3.05, 3.63) is 179 Å². The van der Waals surface area contributed by atoms with Gasteiger partial charge in [-0.15, -0.1) is 0 Å². The van der Waals surface area contributed by atoms with Crippen LogP contribution >= 0.6 is 0 Å². The molecule has 0 amide bonds. The number of para-hydroxylation sites is 1. The SMILES string of the molecule is CC1(C)c2ccccc2-c2ccc(-c3cccc4c3oc3cc5c(cc34)-c3ccccc3C53c4ccccc4-c4ccccc43)cc21. The molecule has 7 aromatic carbocycles. The second kappa shape index (κ2) is 8.57. The Kier molecular flexibility index (Phi) is 4.66. The number of hydrogen-bond acceptors (Lipinski definition) is 1. The van der Waals surface area contributed by atoms with Crippen LogP contribution in [0.2, 0.25) is 0 Å². The Balaban J connectivity index is 1.17.